The molecule has 1 aliphatic rings. The third kappa shape index (κ3) is 3.57. The van der Waals surface area contributed by atoms with E-state index in [1.165, 1.54) is 11.3 Å². The topological polar surface area (TPSA) is 49.8 Å². The summed E-state index contributed by atoms with van der Waals surface area (Å²) in [4.78, 5) is 15.0. The number of aliphatic hydroxyl groups is 1. The van der Waals surface area contributed by atoms with Crippen molar-refractivity contribution in [1.82, 2.24) is 4.90 Å². The van der Waals surface area contributed by atoms with Gasteiger partial charge in [-0.3, -0.25) is 4.79 Å². The molecule has 0 saturated carbocycles. The van der Waals surface area contributed by atoms with Gasteiger partial charge in [0.15, 0.2) is 0 Å². The van der Waals surface area contributed by atoms with Crippen LogP contribution in [0.4, 0.5) is 0 Å². The highest BCUT2D eigenvalue weighted by atomic mass is 32.1. The van der Waals surface area contributed by atoms with Crippen molar-refractivity contribution in [3.63, 3.8) is 0 Å². The second kappa shape index (κ2) is 6.20. The quantitative estimate of drug-likeness (QED) is 0.789. The molecule has 1 aliphatic heterocycles. The zero-order chi connectivity index (χ0) is 13.8. The minimum absolute atomic E-state index is 0.0234. The van der Waals surface area contributed by atoms with Crippen LogP contribution in [0.2, 0.25) is 0 Å². The molecule has 2 atom stereocenters. The monoisotopic (exact) mass is 279 g/mol. The lowest BCUT2D eigenvalue weighted by Crippen LogP contribution is -2.48. The van der Waals surface area contributed by atoms with Crippen LogP contribution in [0.25, 0.3) is 0 Å². The van der Waals surface area contributed by atoms with Crippen LogP contribution in [-0.4, -0.2) is 47.8 Å². The van der Waals surface area contributed by atoms with Crippen molar-refractivity contribution in [1.29, 1.82) is 0 Å². The molecular weight excluding hydrogens is 262 g/mol. The maximum atomic E-state index is 12.4. The van der Waals surface area contributed by atoms with Crippen LogP contribution in [0, 0.1) is 11.8 Å². The fourth-order valence-corrected chi connectivity index (χ4v) is 2.92. The highest BCUT2D eigenvalue weighted by molar-refractivity contribution is 7.10. The fraction of sp³-hybridized carbons (Fsp3) is 0.500. The highest BCUT2D eigenvalue weighted by Gasteiger charge is 2.26. The number of carbonyl (C=O) groups excluding carboxylic acids is 1. The Balaban J connectivity index is 2.08. The third-order valence-corrected chi connectivity index (χ3v) is 3.69. The average Bonchev–Trinajstić information content (AvgIpc) is 2.83. The number of carbonyl (C=O) groups is 1. The van der Waals surface area contributed by atoms with Gasteiger partial charge in [0.1, 0.15) is 6.61 Å². The fourth-order valence-electron chi connectivity index (χ4n) is 2.17. The van der Waals surface area contributed by atoms with Gasteiger partial charge in [-0.1, -0.05) is 11.8 Å². The van der Waals surface area contributed by atoms with Crippen LogP contribution in [0.15, 0.2) is 11.4 Å². The molecule has 1 fully saturated rings. The van der Waals surface area contributed by atoms with Gasteiger partial charge in [0, 0.05) is 18.5 Å². The predicted octanol–water partition coefficient (Wildman–Crippen LogP) is 1.34. The minimum Gasteiger partial charge on any atom is -0.384 e. The first-order chi connectivity index (χ1) is 9.10. The zero-order valence-electron chi connectivity index (χ0n) is 11.0. The summed E-state index contributed by atoms with van der Waals surface area (Å²) in [7, 11) is 0. The van der Waals surface area contributed by atoms with Crippen molar-refractivity contribution in [3.05, 3.63) is 21.9 Å². The van der Waals surface area contributed by atoms with E-state index in [9.17, 15) is 4.79 Å². The number of thiophene rings is 1. The molecule has 0 bridgehead atoms. The van der Waals surface area contributed by atoms with Crippen LogP contribution in [-0.2, 0) is 4.74 Å². The van der Waals surface area contributed by atoms with Gasteiger partial charge in [0.05, 0.1) is 22.6 Å². The van der Waals surface area contributed by atoms with Gasteiger partial charge in [0.2, 0.25) is 0 Å². The summed E-state index contributed by atoms with van der Waals surface area (Å²) in [5.74, 6) is 5.42. The lowest BCUT2D eigenvalue weighted by molar-refractivity contribution is -0.0586. The second-order valence-corrected chi connectivity index (χ2v) is 5.54. The Labute approximate surface area is 117 Å². The first-order valence-corrected chi connectivity index (χ1v) is 7.11. The van der Waals surface area contributed by atoms with E-state index in [2.05, 4.69) is 11.8 Å². The molecule has 0 aromatic carbocycles. The van der Waals surface area contributed by atoms with E-state index in [1.807, 2.05) is 24.1 Å². The molecule has 2 heterocycles. The van der Waals surface area contributed by atoms with Crippen LogP contribution >= 0.6 is 11.3 Å². The number of hydrogen-bond acceptors (Lipinski definition) is 4. The van der Waals surface area contributed by atoms with Gasteiger partial charge in [-0.15, -0.1) is 11.3 Å². The van der Waals surface area contributed by atoms with Crippen molar-refractivity contribution in [2.45, 2.75) is 26.1 Å². The molecule has 2 unspecified atom stereocenters. The van der Waals surface area contributed by atoms with Crippen molar-refractivity contribution in [2.24, 2.45) is 0 Å². The van der Waals surface area contributed by atoms with E-state index in [1.54, 1.807) is 6.07 Å². The molecule has 1 N–H and O–H groups in total. The molecule has 1 aromatic rings. The molecule has 1 amide bonds. The lowest BCUT2D eigenvalue weighted by atomic mass is 10.2. The van der Waals surface area contributed by atoms with Gasteiger partial charge < -0.3 is 14.7 Å². The summed E-state index contributed by atoms with van der Waals surface area (Å²) >= 11 is 1.42. The van der Waals surface area contributed by atoms with E-state index < -0.39 is 0 Å². The smallest absolute Gasteiger partial charge is 0.254 e. The Morgan fingerprint density at radius 2 is 2.21 bits per heavy atom. The summed E-state index contributed by atoms with van der Waals surface area (Å²) in [5.41, 5.74) is 0.661. The molecule has 0 radical (unpaired) electrons. The van der Waals surface area contributed by atoms with Crippen molar-refractivity contribution in [3.8, 4) is 11.8 Å². The summed E-state index contributed by atoms with van der Waals surface area (Å²) in [6.07, 6.45) is 0.139. The summed E-state index contributed by atoms with van der Waals surface area (Å²) in [6, 6.07) is 1.78. The van der Waals surface area contributed by atoms with Crippen LogP contribution in [0.1, 0.15) is 29.1 Å². The molecule has 2 rings (SSSR count). The van der Waals surface area contributed by atoms with E-state index in [0.29, 0.717) is 18.7 Å². The predicted molar refractivity (Wildman–Crippen MR) is 74.2 cm³/mol. The van der Waals surface area contributed by atoms with Crippen molar-refractivity contribution < 1.29 is 14.6 Å². The maximum absolute atomic E-state index is 12.4. The Morgan fingerprint density at radius 3 is 2.84 bits per heavy atom. The minimum atomic E-state index is -0.167. The first kappa shape index (κ1) is 14.1. The van der Waals surface area contributed by atoms with Gasteiger partial charge in [0.25, 0.3) is 5.91 Å². The molecule has 0 aliphatic carbocycles. The van der Waals surface area contributed by atoms with Gasteiger partial charge in [-0.25, -0.2) is 0 Å². The zero-order valence-corrected chi connectivity index (χ0v) is 11.9. The van der Waals surface area contributed by atoms with E-state index in [0.717, 1.165) is 4.88 Å². The van der Waals surface area contributed by atoms with Crippen LogP contribution in [0.3, 0.4) is 0 Å². The molecule has 4 nitrogen and oxygen atoms in total. The Kier molecular flexibility index (Phi) is 4.59. The largest absolute Gasteiger partial charge is 0.384 e. The molecule has 0 spiro atoms. The Morgan fingerprint density at radius 1 is 1.53 bits per heavy atom. The third-order valence-electron chi connectivity index (χ3n) is 2.84. The molecule has 102 valence electrons. The number of ether oxygens (including phenoxy) is 1. The molecule has 5 heteroatoms. The number of amides is 1. The highest BCUT2D eigenvalue weighted by Crippen LogP contribution is 2.18. The maximum Gasteiger partial charge on any atom is 0.254 e. The van der Waals surface area contributed by atoms with E-state index in [4.69, 9.17) is 9.84 Å². The number of hydrogen-bond donors (Lipinski definition) is 1. The average molecular weight is 279 g/mol. The van der Waals surface area contributed by atoms with Crippen molar-refractivity contribution >= 4 is 17.2 Å². The Bertz CT molecular complexity index is 504. The summed E-state index contributed by atoms with van der Waals surface area (Å²) in [5, 5.41) is 10.5. The number of aliphatic hydroxyl groups excluding tert-OH is 1. The molecular formula is C14H17NO3S. The molecule has 19 heavy (non-hydrogen) atoms. The summed E-state index contributed by atoms with van der Waals surface area (Å²) < 4.78 is 5.62. The van der Waals surface area contributed by atoms with E-state index >= 15 is 0 Å². The number of nitrogens with zero attached hydrogens (tertiary/aromatic N) is 1. The number of rotatable bonds is 1. The molecule has 1 aromatic heterocycles. The standard InChI is InChI=1S/C14H17NO3S/c1-10-7-15(8-11(2)18-10)14(17)12-6-13(19-9-12)4-3-5-16/h6,9-11,16H,5,7-8H2,1-2H3. The van der Waals surface area contributed by atoms with Gasteiger partial charge >= 0.3 is 0 Å². The van der Waals surface area contributed by atoms with Crippen molar-refractivity contribution in [2.75, 3.05) is 19.7 Å². The SMILES string of the molecule is CC1CN(C(=O)c2csc(C#CCO)c2)CC(C)O1. The number of morpholine rings is 1. The van der Waals surface area contributed by atoms with Crippen LogP contribution in [0.5, 0.6) is 0 Å². The Hall–Kier alpha value is -1.35. The summed E-state index contributed by atoms with van der Waals surface area (Å²) in [6.45, 7) is 5.02. The second-order valence-electron chi connectivity index (χ2n) is 4.63. The van der Waals surface area contributed by atoms with Crippen LogP contribution < -0.4 is 0 Å². The van der Waals surface area contributed by atoms with Gasteiger partial charge in [-0.05, 0) is 19.9 Å². The van der Waals surface area contributed by atoms with E-state index in [-0.39, 0.29) is 24.7 Å². The first-order valence-electron chi connectivity index (χ1n) is 6.23. The van der Waals surface area contributed by atoms with Gasteiger partial charge in [-0.2, -0.15) is 0 Å². The molecule has 1 saturated heterocycles. The lowest BCUT2D eigenvalue weighted by Gasteiger charge is -2.35. The normalized spacial score (nSPS) is 22.8.